The molecule has 0 atom stereocenters. The third kappa shape index (κ3) is 2.74. The summed E-state index contributed by atoms with van der Waals surface area (Å²) in [4.78, 5) is 2.45. The van der Waals surface area contributed by atoms with Gasteiger partial charge in [-0.15, -0.1) is 0 Å². The van der Waals surface area contributed by atoms with Crippen molar-refractivity contribution >= 4 is 0 Å². The molecule has 4 rings (SSSR count). The molecule has 2 heteroatoms. The third-order valence-electron chi connectivity index (χ3n) is 5.73. The van der Waals surface area contributed by atoms with Crippen molar-refractivity contribution < 1.29 is 4.48 Å². The van der Waals surface area contributed by atoms with Crippen LogP contribution in [0.2, 0.25) is 0 Å². The molecule has 0 spiro atoms. The first-order valence-electron chi connectivity index (χ1n) is 8.16. The fourth-order valence-electron chi connectivity index (χ4n) is 4.17. The minimum absolute atomic E-state index is 1.07. The fraction of sp³-hybridized carbons (Fsp3) is 0.765. The lowest BCUT2D eigenvalue weighted by molar-refractivity contribution is -0.938. The maximum Gasteiger partial charge on any atom is 0.100 e. The van der Waals surface area contributed by atoms with Crippen molar-refractivity contribution in [2.24, 2.45) is 5.92 Å². The van der Waals surface area contributed by atoms with Crippen LogP contribution in [-0.2, 0) is 0 Å². The zero-order valence-corrected chi connectivity index (χ0v) is 12.5. The average molecular weight is 261 g/mol. The summed E-state index contributed by atoms with van der Waals surface area (Å²) in [6, 6.07) is 0. The molecule has 0 radical (unpaired) electrons. The number of piperidine rings is 3. The molecule has 0 saturated carbocycles. The van der Waals surface area contributed by atoms with Gasteiger partial charge >= 0.3 is 0 Å². The summed E-state index contributed by atoms with van der Waals surface area (Å²) in [6.07, 6.45) is 9.33. The van der Waals surface area contributed by atoms with Crippen LogP contribution in [-0.4, -0.2) is 48.7 Å². The van der Waals surface area contributed by atoms with Crippen molar-refractivity contribution in [3.05, 3.63) is 23.9 Å². The Bertz CT molecular complexity index is 361. The lowest BCUT2D eigenvalue weighted by atomic mass is 9.85. The highest BCUT2D eigenvalue weighted by atomic mass is 15.4. The summed E-state index contributed by atoms with van der Waals surface area (Å²) in [5.41, 5.74) is 3.03. The van der Waals surface area contributed by atoms with Crippen molar-refractivity contribution in [3.63, 3.8) is 0 Å². The first-order valence-corrected chi connectivity index (χ1v) is 8.16. The first-order chi connectivity index (χ1) is 9.21. The second-order valence-corrected chi connectivity index (χ2v) is 6.88. The molecule has 3 fully saturated rings. The zero-order chi connectivity index (χ0) is 13.3. The Labute approximate surface area is 118 Å². The van der Waals surface area contributed by atoms with Gasteiger partial charge in [-0.25, -0.2) is 0 Å². The largest absolute Gasteiger partial charge is 0.371 e. The van der Waals surface area contributed by atoms with Crippen LogP contribution >= 0.6 is 0 Å². The van der Waals surface area contributed by atoms with Gasteiger partial charge in [0.1, 0.15) is 6.54 Å². The van der Waals surface area contributed by atoms with E-state index in [9.17, 15) is 0 Å². The van der Waals surface area contributed by atoms with E-state index in [-0.39, 0.29) is 0 Å². The smallest absolute Gasteiger partial charge is 0.100 e. The second kappa shape index (κ2) is 5.32. The zero-order valence-electron chi connectivity index (χ0n) is 12.5. The number of quaternary nitrogens is 1. The van der Waals surface area contributed by atoms with Gasteiger partial charge in [-0.2, -0.15) is 0 Å². The molecule has 19 heavy (non-hydrogen) atoms. The molecular formula is C17H29N2+. The van der Waals surface area contributed by atoms with Crippen LogP contribution in [0.25, 0.3) is 0 Å². The molecule has 0 aliphatic carbocycles. The predicted octanol–water partition coefficient (Wildman–Crippen LogP) is 3.17. The van der Waals surface area contributed by atoms with Crippen molar-refractivity contribution in [3.8, 4) is 0 Å². The number of fused-ring (bicyclic) bond motifs is 3. The Balaban J connectivity index is 1.59. The molecule has 2 nitrogen and oxygen atoms in total. The van der Waals surface area contributed by atoms with E-state index >= 15 is 0 Å². The SMILES string of the molecule is C=C(CC)N1CC=C(C[N+]23CCC(CC2)CC3)CC1. The van der Waals surface area contributed by atoms with Gasteiger partial charge in [0.25, 0.3) is 0 Å². The average Bonchev–Trinajstić information content (AvgIpc) is 2.49. The standard InChI is InChI=1S/C17H29N2/c1-3-15(2)18-9-4-17(5-10-18)14-19-11-6-16(7-12-19)8-13-19/h4,16H,2-3,5-14H2,1H3/q+1. The lowest BCUT2D eigenvalue weighted by Crippen LogP contribution is -2.59. The van der Waals surface area contributed by atoms with E-state index in [0.717, 1.165) is 18.9 Å². The van der Waals surface area contributed by atoms with Crippen LogP contribution in [0.15, 0.2) is 23.9 Å². The van der Waals surface area contributed by atoms with Gasteiger partial charge in [0.15, 0.2) is 0 Å². The van der Waals surface area contributed by atoms with Gasteiger partial charge in [0.05, 0.1) is 19.6 Å². The maximum atomic E-state index is 4.17. The molecule has 0 amide bonds. The Hall–Kier alpha value is -0.760. The van der Waals surface area contributed by atoms with Gasteiger partial charge in [-0.05, 0) is 43.6 Å². The molecule has 4 heterocycles. The summed E-state index contributed by atoms with van der Waals surface area (Å²) in [7, 11) is 0. The Kier molecular flexibility index (Phi) is 3.70. The van der Waals surface area contributed by atoms with Crippen LogP contribution in [0, 0.1) is 5.92 Å². The number of nitrogens with zero attached hydrogens (tertiary/aromatic N) is 2. The highest BCUT2D eigenvalue weighted by Gasteiger charge is 2.40. The van der Waals surface area contributed by atoms with Crippen LogP contribution in [0.1, 0.15) is 39.0 Å². The molecule has 0 unspecified atom stereocenters. The summed E-state index contributed by atoms with van der Waals surface area (Å²) in [6.45, 7) is 14.4. The van der Waals surface area contributed by atoms with Crippen LogP contribution in [0.4, 0.5) is 0 Å². The number of hydrogen-bond acceptors (Lipinski definition) is 1. The van der Waals surface area contributed by atoms with Gasteiger partial charge in [-0.3, -0.25) is 0 Å². The number of hydrogen-bond donors (Lipinski definition) is 0. The van der Waals surface area contributed by atoms with E-state index in [1.807, 2.05) is 0 Å². The van der Waals surface area contributed by atoms with Gasteiger partial charge in [0, 0.05) is 18.8 Å². The predicted molar refractivity (Wildman–Crippen MR) is 80.8 cm³/mol. The summed E-state index contributed by atoms with van der Waals surface area (Å²) < 4.78 is 1.41. The quantitative estimate of drug-likeness (QED) is 0.555. The molecule has 0 N–H and O–H groups in total. The summed E-state index contributed by atoms with van der Waals surface area (Å²) >= 11 is 0. The first kappa shape index (κ1) is 13.2. The van der Waals surface area contributed by atoms with Crippen LogP contribution in [0.5, 0.6) is 0 Å². The van der Waals surface area contributed by atoms with E-state index in [4.69, 9.17) is 0 Å². The topological polar surface area (TPSA) is 3.24 Å². The molecule has 0 aromatic heterocycles. The molecule has 4 aliphatic heterocycles. The summed E-state index contributed by atoms with van der Waals surface area (Å²) in [5, 5.41) is 0. The van der Waals surface area contributed by atoms with Gasteiger partial charge < -0.3 is 9.38 Å². The number of allylic oxidation sites excluding steroid dienone is 1. The van der Waals surface area contributed by atoms with Crippen molar-refractivity contribution in [1.29, 1.82) is 0 Å². The molecular weight excluding hydrogens is 232 g/mol. The molecule has 0 aromatic carbocycles. The highest BCUT2D eigenvalue weighted by molar-refractivity contribution is 5.11. The molecule has 3 saturated heterocycles. The molecule has 4 aliphatic rings. The third-order valence-corrected chi connectivity index (χ3v) is 5.73. The van der Waals surface area contributed by atoms with E-state index < -0.39 is 0 Å². The molecule has 2 bridgehead atoms. The van der Waals surface area contributed by atoms with E-state index in [1.165, 1.54) is 68.6 Å². The maximum absolute atomic E-state index is 4.17. The Morgan fingerprint density at radius 1 is 1.32 bits per heavy atom. The Morgan fingerprint density at radius 2 is 2.00 bits per heavy atom. The van der Waals surface area contributed by atoms with Crippen molar-refractivity contribution in [1.82, 2.24) is 4.90 Å². The van der Waals surface area contributed by atoms with E-state index in [1.54, 1.807) is 5.57 Å². The minimum atomic E-state index is 1.07. The second-order valence-electron chi connectivity index (χ2n) is 6.88. The van der Waals surface area contributed by atoms with Gasteiger partial charge in [0.2, 0.25) is 0 Å². The number of rotatable bonds is 4. The normalized spacial score (nSPS) is 34.3. The minimum Gasteiger partial charge on any atom is -0.371 e. The molecule has 0 aromatic rings. The van der Waals surface area contributed by atoms with Gasteiger partial charge in [-0.1, -0.05) is 19.6 Å². The fourth-order valence-corrected chi connectivity index (χ4v) is 4.17. The van der Waals surface area contributed by atoms with Crippen LogP contribution in [0.3, 0.4) is 0 Å². The van der Waals surface area contributed by atoms with Crippen molar-refractivity contribution in [2.75, 3.05) is 39.3 Å². The van der Waals surface area contributed by atoms with Crippen molar-refractivity contribution in [2.45, 2.75) is 39.0 Å². The van der Waals surface area contributed by atoms with E-state index in [2.05, 4.69) is 24.5 Å². The monoisotopic (exact) mass is 261 g/mol. The summed E-state index contributed by atoms with van der Waals surface area (Å²) in [5.74, 6) is 1.07. The van der Waals surface area contributed by atoms with Crippen LogP contribution < -0.4 is 0 Å². The highest BCUT2D eigenvalue weighted by Crippen LogP contribution is 2.35. The lowest BCUT2D eigenvalue weighted by Gasteiger charge is -2.50. The Morgan fingerprint density at radius 3 is 2.53 bits per heavy atom. The molecule has 106 valence electrons. The van der Waals surface area contributed by atoms with E-state index in [0.29, 0.717) is 0 Å².